The zero-order chi connectivity index (χ0) is 14.9. The van der Waals surface area contributed by atoms with E-state index >= 15 is 0 Å². The minimum Gasteiger partial charge on any atom is -0.398 e. The molecule has 0 atom stereocenters. The third kappa shape index (κ3) is 2.85. The number of anilines is 1. The molecule has 1 heterocycles. The molecule has 0 radical (unpaired) electrons. The summed E-state index contributed by atoms with van der Waals surface area (Å²) >= 11 is 0. The summed E-state index contributed by atoms with van der Waals surface area (Å²) in [5, 5.41) is 4.27. The van der Waals surface area contributed by atoms with Crippen molar-refractivity contribution < 1.29 is 8.42 Å². The van der Waals surface area contributed by atoms with E-state index in [-0.39, 0.29) is 16.3 Å². The Kier molecular flexibility index (Phi) is 3.85. The van der Waals surface area contributed by atoms with E-state index in [1.165, 1.54) is 0 Å². The van der Waals surface area contributed by atoms with Crippen molar-refractivity contribution in [1.82, 2.24) is 9.78 Å². The fourth-order valence-corrected chi connectivity index (χ4v) is 3.67. The maximum Gasteiger partial charge on any atom is 0.186 e. The van der Waals surface area contributed by atoms with Gasteiger partial charge >= 0.3 is 0 Å². The fraction of sp³-hybridized carbons (Fsp3) is 0.357. The third-order valence-corrected chi connectivity index (χ3v) is 4.93. The molecule has 0 amide bonds. The molecule has 0 aliphatic rings. The Morgan fingerprint density at radius 2 is 2.00 bits per heavy atom. The van der Waals surface area contributed by atoms with Crippen LogP contribution in [0.1, 0.15) is 23.9 Å². The molecule has 6 heteroatoms. The lowest BCUT2D eigenvalue weighted by Gasteiger charge is -2.08. The maximum absolute atomic E-state index is 12.5. The molecule has 0 saturated heterocycles. The molecule has 5 nitrogen and oxygen atoms in total. The average Bonchev–Trinajstić information content (AvgIpc) is 2.72. The highest BCUT2D eigenvalue weighted by Gasteiger charge is 2.20. The first-order valence-electron chi connectivity index (χ1n) is 6.44. The van der Waals surface area contributed by atoms with Crippen molar-refractivity contribution in [3.05, 3.63) is 41.2 Å². The van der Waals surface area contributed by atoms with Gasteiger partial charge < -0.3 is 5.73 Å². The molecule has 0 bridgehead atoms. The van der Waals surface area contributed by atoms with E-state index < -0.39 is 9.84 Å². The van der Waals surface area contributed by atoms with Crippen LogP contribution in [-0.2, 0) is 29.1 Å². The smallest absolute Gasteiger partial charge is 0.186 e. The second-order valence-electron chi connectivity index (χ2n) is 4.90. The summed E-state index contributed by atoms with van der Waals surface area (Å²) in [5.41, 5.74) is 8.51. The summed E-state index contributed by atoms with van der Waals surface area (Å²) in [7, 11) is -1.72. The van der Waals surface area contributed by atoms with E-state index in [9.17, 15) is 8.42 Å². The topological polar surface area (TPSA) is 78.0 Å². The molecular weight excluding hydrogens is 274 g/mol. The lowest BCUT2D eigenvalue weighted by Crippen LogP contribution is -2.11. The molecule has 108 valence electrons. The minimum atomic E-state index is -3.47. The van der Waals surface area contributed by atoms with E-state index in [4.69, 9.17) is 5.73 Å². The van der Waals surface area contributed by atoms with E-state index in [0.717, 1.165) is 17.7 Å². The summed E-state index contributed by atoms with van der Waals surface area (Å²) in [4.78, 5) is 0.191. The Balaban J connectivity index is 2.40. The maximum atomic E-state index is 12.5. The first kappa shape index (κ1) is 14.6. The Bertz CT molecular complexity index is 733. The SMILES string of the molecule is CCc1cc(CS(=O)(=O)c2cc(C)ccc2N)n(C)n1. The molecule has 0 saturated carbocycles. The van der Waals surface area contributed by atoms with Gasteiger partial charge in [-0.25, -0.2) is 8.42 Å². The Labute approximate surface area is 119 Å². The van der Waals surface area contributed by atoms with Gasteiger partial charge in [-0.15, -0.1) is 0 Å². The van der Waals surface area contributed by atoms with E-state index in [1.54, 1.807) is 29.9 Å². The molecule has 0 spiro atoms. The molecule has 0 aliphatic carbocycles. The molecule has 2 aromatic rings. The number of nitrogens with zero attached hydrogens (tertiary/aromatic N) is 2. The fourth-order valence-electron chi connectivity index (χ4n) is 2.06. The molecule has 1 aromatic heterocycles. The van der Waals surface area contributed by atoms with Crippen LogP contribution in [0.25, 0.3) is 0 Å². The first-order valence-corrected chi connectivity index (χ1v) is 8.09. The van der Waals surface area contributed by atoms with E-state index in [0.29, 0.717) is 5.69 Å². The summed E-state index contributed by atoms with van der Waals surface area (Å²) in [6, 6.07) is 6.86. The molecule has 0 unspecified atom stereocenters. The molecule has 0 aliphatic heterocycles. The van der Waals surface area contributed by atoms with Crippen molar-refractivity contribution >= 4 is 15.5 Å². The zero-order valence-corrected chi connectivity index (χ0v) is 12.7. The van der Waals surface area contributed by atoms with Crippen molar-refractivity contribution in [3.8, 4) is 0 Å². The standard InChI is InChI=1S/C14H19N3O2S/c1-4-11-8-12(17(3)16-11)9-20(18,19)14-7-10(2)5-6-13(14)15/h5-8H,4,9,15H2,1-3H3. The Morgan fingerprint density at radius 1 is 1.30 bits per heavy atom. The number of benzene rings is 1. The van der Waals surface area contributed by atoms with Gasteiger partial charge in [0.05, 0.1) is 27.7 Å². The minimum absolute atomic E-state index is 0.0931. The average molecular weight is 293 g/mol. The number of hydrogen-bond acceptors (Lipinski definition) is 4. The van der Waals surface area contributed by atoms with E-state index in [2.05, 4.69) is 5.10 Å². The highest BCUT2D eigenvalue weighted by molar-refractivity contribution is 7.90. The lowest BCUT2D eigenvalue weighted by atomic mass is 10.2. The van der Waals surface area contributed by atoms with Crippen molar-refractivity contribution in [3.63, 3.8) is 0 Å². The van der Waals surface area contributed by atoms with Gasteiger partial charge in [0, 0.05) is 7.05 Å². The normalized spacial score (nSPS) is 11.8. The van der Waals surface area contributed by atoms with Crippen molar-refractivity contribution in [1.29, 1.82) is 0 Å². The van der Waals surface area contributed by atoms with Crippen molar-refractivity contribution in [2.75, 3.05) is 5.73 Å². The molecule has 20 heavy (non-hydrogen) atoms. The number of aromatic nitrogens is 2. The summed E-state index contributed by atoms with van der Waals surface area (Å²) in [6.07, 6.45) is 0.778. The van der Waals surface area contributed by atoms with Gasteiger partial charge in [-0.3, -0.25) is 4.68 Å². The largest absolute Gasteiger partial charge is 0.398 e. The van der Waals surface area contributed by atoms with Gasteiger partial charge in [0.1, 0.15) is 0 Å². The molecule has 1 aromatic carbocycles. The molecule has 2 N–H and O–H groups in total. The number of nitrogen functional groups attached to an aromatic ring is 1. The summed E-state index contributed by atoms with van der Waals surface area (Å²) < 4.78 is 26.6. The predicted molar refractivity (Wildman–Crippen MR) is 79.1 cm³/mol. The zero-order valence-electron chi connectivity index (χ0n) is 11.9. The summed E-state index contributed by atoms with van der Waals surface area (Å²) in [5.74, 6) is -0.0931. The number of nitrogens with two attached hydrogens (primary N) is 1. The molecular formula is C14H19N3O2S. The highest BCUT2D eigenvalue weighted by Crippen LogP contribution is 2.23. The van der Waals surface area contributed by atoms with Crippen LogP contribution in [0, 0.1) is 6.92 Å². The third-order valence-electron chi connectivity index (χ3n) is 3.23. The van der Waals surface area contributed by atoms with Crippen molar-refractivity contribution in [2.45, 2.75) is 30.9 Å². The van der Waals surface area contributed by atoms with E-state index in [1.807, 2.05) is 19.9 Å². The van der Waals surface area contributed by atoms with Crippen LogP contribution >= 0.6 is 0 Å². The number of aryl methyl sites for hydroxylation is 3. The van der Waals surface area contributed by atoms with Gasteiger partial charge in [0.2, 0.25) is 0 Å². The van der Waals surface area contributed by atoms with Gasteiger partial charge in [0.15, 0.2) is 9.84 Å². The molecule has 2 rings (SSSR count). The Hall–Kier alpha value is -1.82. The van der Waals surface area contributed by atoms with Gasteiger partial charge in [-0.1, -0.05) is 13.0 Å². The molecule has 0 fully saturated rings. The second-order valence-corrected chi connectivity index (χ2v) is 6.86. The highest BCUT2D eigenvalue weighted by atomic mass is 32.2. The van der Waals surface area contributed by atoms with Crippen molar-refractivity contribution in [2.24, 2.45) is 7.05 Å². The van der Waals surface area contributed by atoms with Crippen LogP contribution in [0.2, 0.25) is 0 Å². The first-order chi connectivity index (χ1) is 9.33. The van der Waals surface area contributed by atoms with Crippen LogP contribution in [0.3, 0.4) is 0 Å². The quantitative estimate of drug-likeness (QED) is 0.873. The number of sulfone groups is 1. The van der Waals surface area contributed by atoms with Crippen LogP contribution in [0.15, 0.2) is 29.2 Å². The second kappa shape index (κ2) is 5.28. The number of hydrogen-bond donors (Lipinski definition) is 1. The lowest BCUT2D eigenvalue weighted by molar-refractivity contribution is 0.592. The van der Waals surface area contributed by atoms with Crippen LogP contribution in [0.5, 0.6) is 0 Å². The van der Waals surface area contributed by atoms with Gasteiger partial charge in [0.25, 0.3) is 0 Å². The van der Waals surface area contributed by atoms with Crippen LogP contribution < -0.4 is 5.73 Å². The van der Waals surface area contributed by atoms with Crippen LogP contribution in [-0.4, -0.2) is 18.2 Å². The number of rotatable bonds is 4. The van der Waals surface area contributed by atoms with Gasteiger partial charge in [-0.2, -0.15) is 5.10 Å². The summed E-state index contributed by atoms with van der Waals surface area (Å²) in [6.45, 7) is 3.83. The Morgan fingerprint density at radius 3 is 2.60 bits per heavy atom. The monoisotopic (exact) mass is 293 g/mol. The van der Waals surface area contributed by atoms with Gasteiger partial charge in [-0.05, 0) is 37.1 Å². The predicted octanol–water partition coefficient (Wildman–Crippen LogP) is 1.85. The van der Waals surface area contributed by atoms with Crippen LogP contribution in [0.4, 0.5) is 5.69 Å².